The van der Waals surface area contributed by atoms with Crippen LogP contribution in [0.4, 0.5) is 0 Å². The minimum absolute atomic E-state index is 0. The molecule has 0 aliphatic carbocycles. The predicted molar refractivity (Wildman–Crippen MR) is 117 cm³/mol. The number of hydrogen-bond donors (Lipinski definition) is 2. The van der Waals surface area contributed by atoms with Crippen LogP contribution in [0.25, 0.3) is 0 Å². The number of piperidine rings is 1. The van der Waals surface area contributed by atoms with Gasteiger partial charge in [-0.05, 0) is 38.7 Å². The fourth-order valence-electron chi connectivity index (χ4n) is 3.10. The van der Waals surface area contributed by atoms with Crippen LogP contribution in [0.5, 0.6) is 0 Å². The molecule has 1 aromatic heterocycles. The maximum absolute atomic E-state index is 5.14. The molecule has 7 nitrogen and oxygen atoms in total. The van der Waals surface area contributed by atoms with Gasteiger partial charge in [0.05, 0.1) is 19.3 Å². The van der Waals surface area contributed by atoms with E-state index < -0.39 is 0 Å². The molecular formula is C18H35IN6O. The Kier molecular flexibility index (Phi) is 11.9. The number of rotatable bonds is 9. The lowest BCUT2D eigenvalue weighted by molar-refractivity contribution is 0.155. The summed E-state index contributed by atoms with van der Waals surface area (Å²) < 4.78 is 7.08. The van der Waals surface area contributed by atoms with Gasteiger partial charge in [0.2, 0.25) is 0 Å². The van der Waals surface area contributed by atoms with E-state index in [4.69, 9.17) is 9.73 Å². The highest BCUT2D eigenvalue weighted by Crippen LogP contribution is 2.10. The van der Waals surface area contributed by atoms with Crippen molar-refractivity contribution in [2.24, 2.45) is 4.99 Å². The van der Waals surface area contributed by atoms with E-state index in [1.165, 1.54) is 5.56 Å². The van der Waals surface area contributed by atoms with Crippen LogP contribution in [0.15, 0.2) is 17.4 Å². The first-order valence-corrected chi connectivity index (χ1v) is 9.46. The van der Waals surface area contributed by atoms with Crippen molar-refractivity contribution < 1.29 is 4.74 Å². The molecule has 0 radical (unpaired) electrons. The van der Waals surface area contributed by atoms with E-state index in [0.29, 0.717) is 6.04 Å². The Balaban J connectivity index is 0.00000338. The molecule has 0 aromatic carbocycles. The molecule has 1 aliphatic rings. The van der Waals surface area contributed by atoms with Crippen LogP contribution in [-0.2, 0) is 11.3 Å². The number of halogens is 1. The zero-order valence-electron chi connectivity index (χ0n) is 16.4. The monoisotopic (exact) mass is 478 g/mol. The molecular weight excluding hydrogens is 443 g/mol. The van der Waals surface area contributed by atoms with Crippen LogP contribution in [-0.4, -0.2) is 73.1 Å². The second-order valence-electron chi connectivity index (χ2n) is 6.65. The van der Waals surface area contributed by atoms with Crippen molar-refractivity contribution in [3.05, 3.63) is 18.0 Å². The summed E-state index contributed by atoms with van der Waals surface area (Å²) in [7, 11) is 1.77. The summed E-state index contributed by atoms with van der Waals surface area (Å²) in [6.07, 6.45) is 7.37. The van der Waals surface area contributed by atoms with E-state index >= 15 is 0 Å². The molecule has 2 heterocycles. The molecule has 1 aromatic rings. The topological polar surface area (TPSA) is 66.7 Å². The zero-order valence-corrected chi connectivity index (χ0v) is 18.7. The summed E-state index contributed by atoms with van der Waals surface area (Å²) in [5.41, 5.74) is 1.19. The summed E-state index contributed by atoms with van der Waals surface area (Å²) in [5, 5.41) is 11.3. The molecule has 0 unspecified atom stereocenters. The number of nitrogens with one attached hydrogen (secondary N) is 2. The molecule has 2 rings (SSSR count). The second-order valence-corrected chi connectivity index (χ2v) is 6.65. The van der Waals surface area contributed by atoms with E-state index in [1.807, 2.05) is 10.9 Å². The lowest BCUT2D eigenvalue weighted by Crippen LogP contribution is -2.49. The van der Waals surface area contributed by atoms with E-state index in [2.05, 4.69) is 40.7 Å². The fraction of sp³-hybridized carbons (Fsp3) is 0.778. The molecule has 0 amide bonds. The van der Waals surface area contributed by atoms with Gasteiger partial charge < -0.3 is 20.3 Å². The molecule has 26 heavy (non-hydrogen) atoms. The summed E-state index contributed by atoms with van der Waals surface area (Å²) in [6, 6.07) is 0.503. The maximum atomic E-state index is 5.14. The summed E-state index contributed by atoms with van der Waals surface area (Å²) in [4.78, 5) is 7.22. The van der Waals surface area contributed by atoms with Crippen molar-refractivity contribution in [1.29, 1.82) is 0 Å². The summed E-state index contributed by atoms with van der Waals surface area (Å²) >= 11 is 0. The molecule has 2 N–H and O–H groups in total. The number of hydrogen-bond acceptors (Lipinski definition) is 4. The standard InChI is InChI=1S/C18H34N6O.HI/c1-4-19-18(20-8-12-24-15-16(2)14-21-24)22-17-6-10-23(11-7-17)9-5-13-25-3;/h14-15,17H,4-13H2,1-3H3,(H2,19,20,22);1H. The Morgan fingerprint density at radius 1 is 1.35 bits per heavy atom. The number of aryl methyl sites for hydroxylation is 1. The van der Waals surface area contributed by atoms with Crippen molar-refractivity contribution >= 4 is 29.9 Å². The van der Waals surface area contributed by atoms with Crippen molar-refractivity contribution in [1.82, 2.24) is 25.3 Å². The first-order valence-electron chi connectivity index (χ1n) is 9.46. The number of ether oxygens (including phenoxy) is 1. The summed E-state index contributed by atoms with van der Waals surface area (Å²) in [5.74, 6) is 0.921. The Morgan fingerprint density at radius 3 is 2.73 bits per heavy atom. The van der Waals surface area contributed by atoms with Crippen molar-refractivity contribution in [3.8, 4) is 0 Å². The first kappa shape index (κ1) is 23.2. The Bertz CT molecular complexity index is 514. The van der Waals surface area contributed by atoms with E-state index in [0.717, 1.165) is 71.1 Å². The van der Waals surface area contributed by atoms with Crippen molar-refractivity contribution in [2.45, 2.75) is 45.7 Å². The molecule has 0 spiro atoms. The number of likely N-dealkylation sites (tertiary alicyclic amines) is 1. The third-order valence-corrected chi connectivity index (χ3v) is 4.46. The van der Waals surface area contributed by atoms with Crippen LogP contribution in [0.1, 0.15) is 31.7 Å². The lowest BCUT2D eigenvalue weighted by Gasteiger charge is -2.33. The van der Waals surface area contributed by atoms with Crippen molar-refractivity contribution in [2.75, 3.05) is 46.4 Å². The quantitative estimate of drug-likeness (QED) is 0.246. The molecule has 0 atom stereocenters. The van der Waals surface area contributed by atoms with Gasteiger partial charge >= 0.3 is 0 Å². The summed E-state index contributed by atoms with van der Waals surface area (Å²) in [6.45, 7) is 10.9. The van der Waals surface area contributed by atoms with Gasteiger partial charge in [0.1, 0.15) is 0 Å². The van der Waals surface area contributed by atoms with Gasteiger partial charge in [0, 0.05) is 52.1 Å². The van der Waals surface area contributed by atoms with Crippen LogP contribution in [0.2, 0.25) is 0 Å². The third kappa shape index (κ3) is 8.68. The number of guanidine groups is 1. The molecule has 150 valence electrons. The van der Waals surface area contributed by atoms with Gasteiger partial charge in [-0.2, -0.15) is 5.10 Å². The van der Waals surface area contributed by atoms with Gasteiger partial charge in [-0.1, -0.05) is 0 Å². The second kappa shape index (κ2) is 13.3. The van der Waals surface area contributed by atoms with Crippen LogP contribution < -0.4 is 10.6 Å². The molecule has 0 saturated carbocycles. The fourth-order valence-corrected chi connectivity index (χ4v) is 3.10. The van der Waals surface area contributed by atoms with E-state index in [1.54, 1.807) is 7.11 Å². The van der Waals surface area contributed by atoms with Gasteiger partial charge in [-0.15, -0.1) is 24.0 Å². The average Bonchev–Trinajstić information content (AvgIpc) is 3.02. The molecule has 1 aliphatic heterocycles. The highest BCUT2D eigenvalue weighted by Gasteiger charge is 2.19. The predicted octanol–water partition coefficient (Wildman–Crippen LogP) is 1.87. The van der Waals surface area contributed by atoms with Crippen LogP contribution in [0.3, 0.4) is 0 Å². The van der Waals surface area contributed by atoms with Crippen molar-refractivity contribution in [3.63, 3.8) is 0 Å². The maximum Gasteiger partial charge on any atom is 0.191 e. The average molecular weight is 478 g/mol. The lowest BCUT2D eigenvalue weighted by atomic mass is 10.1. The van der Waals surface area contributed by atoms with E-state index in [-0.39, 0.29) is 24.0 Å². The largest absolute Gasteiger partial charge is 0.385 e. The van der Waals surface area contributed by atoms with Gasteiger partial charge in [0.25, 0.3) is 0 Å². The van der Waals surface area contributed by atoms with Gasteiger partial charge in [0.15, 0.2) is 5.96 Å². The third-order valence-electron chi connectivity index (χ3n) is 4.46. The highest BCUT2D eigenvalue weighted by atomic mass is 127. The van der Waals surface area contributed by atoms with Crippen LogP contribution >= 0.6 is 24.0 Å². The minimum atomic E-state index is 0. The SMILES string of the molecule is CCNC(=NCCn1cc(C)cn1)NC1CCN(CCCOC)CC1.I. The number of methoxy groups -OCH3 is 1. The number of aromatic nitrogens is 2. The highest BCUT2D eigenvalue weighted by molar-refractivity contribution is 14.0. The number of nitrogens with zero attached hydrogens (tertiary/aromatic N) is 4. The molecule has 1 saturated heterocycles. The Labute approximate surface area is 175 Å². The molecule has 0 bridgehead atoms. The molecule has 8 heteroatoms. The Hall–Kier alpha value is -0.870. The molecule has 1 fully saturated rings. The minimum Gasteiger partial charge on any atom is -0.385 e. The normalized spacial score (nSPS) is 16.3. The van der Waals surface area contributed by atoms with Gasteiger partial charge in [-0.3, -0.25) is 9.67 Å². The van der Waals surface area contributed by atoms with Crippen LogP contribution in [0, 0.1) is 6.92 Å². The number of aliphatic imine (C=N–C) groups is 1. The first-order chi connectivity index (χ1) is 12.2. The zero-order chi connectivity index (χ0) is 17.9. The van der Waals surface area contributed by atoms with Gasteiger partial charge in [-0.25, -0.2) is 0 Å². The van der Waals surface area contributed by atoms with E-state index in [9.17, 15) is 0 Å². The Morgan fingerprint density at radius 2 is 2.12 bits per heavy atom. The smallest absolute Gasteiger partial charge is 0.191 e.